The molecular weight excluding hydrogens is 220 g/mol. The molecule has 1 amide bonds. The van der Waals surface area contributed by atoms with Crippen LogP contribution in [0, 0.1) is 0 Å². The highest BCUT2D eigenvalue weighted by Gasteiger charge is 2.20. The highest BCUT2D eigenvalue weighted by Crippen LogP contribution is 2.11. The molecule has 1 aromatic heterocycles. The Bertz CT molecular complexity index is 377. The van der Waals surface area contributed by atoms with E-state index in [-0.39, 0.29) is 12.1 Å². The zero-order valence-electron chi connectivity index (χ0n) is 9.98. The van der Waals surface area contributed by atoms with Gasteiger partial charge in [0.05, 0.1) is 25.4 Å². The Morgan fingerprint density at radius 1 is 1.76 bits per heavy atom. The third kappa shape index (κ3) is 3.12. The minimum atomic E-state index is -0.346. The quantitative estimate of drug-likeness (QED) is 0.773. The Hall–Kier alpha value is -1.72. The number of fused-ring (bicyclic) bond motifs is 1. The third-order valence-corrected chi connectivity index (χ3v) is 2.69. The number of hydrogen-bond donors (Lipinski definition) is 2. The van der Waals surface area contributed by atoms with Crippen molar-refractivity contribution in [3.63, 3.8) is 0 Å². The average molecular weight is 238 g/mol. The van der Waals surface area contributed by atoms with E-state index in [2.05, 4.69) is 22.7 Å². The van der Waals surface area contributed by atoms with Gasteiger partial charge in [0, 0.05) is 12.6 Å². The van der Waals surface area contributed by atoms with Gasteiger partial charge in [-0.2, -0.15) is 5.10 Å². The van der Waals surface area contributed by atoms with E-state index in [9.17, 15) is 4.79 Å². The molecule has 6 heteroatoms. The van der Waals surface area contributed by atoms with Gasteiger partial charge in [0.15, 0.2) is 0 Å². The number of ether oxygens (including phenoxy) is 1. The van der Waals surface area contributed by atoms with Crippen molar-refractivity contribution >= 4 is 11.9 Å². The first-order valence-electron chi connectivity index (χ1n) is 5.98. The summed E-state index contributed by atoms with van der Waals surface area (Å²) in [5.41, 5.74) is 0. The van der Waals surface area contributed by atoms with Crippen molar-refractivity contribution in [2.45, 2.75) is 32.4 Å². The summed E-state index contributed by atoms with van der Waals surface area (Å²) in [4.78, 5) is 11.4. The number of carbonyl (C=O) groups excluding carboxylic acids is 1. The lowest BCUT2D eigenvalue weighted by molar-refractivity contribution is 0.139. The van der Waals surface area contributed by atoms with Crippen LogP contribution in [0.15, 0.2) is 12.3 Å². The molecule has 1 aliphatic rings. The predicted molar refractivity (Wildman–Crippen MR) is 63.9 cm³/mol. The van der Waals surface area contributed by atoms with E-state index in [1.54, 1.807) is 6.20 Å². The van der Waals surface area contributed by atoms with Crippen molar-refractivity contribution in [1.82, 2.24) is 15.1 Å². The molecular formula is C11H18N4O2. The largest absolute Gasteiger partial charge is 0.450 e. The van der Waals surface area contributed by atoms with Crippen molar-refractivity contribution in [2.75, 3.05) is 18.5 Å². The van der Waals surface area contributed by atoms with E-state index in [1.165, 1.54) is 0 Å². The number of unbranched alkanes of at least 4 members (excludes halogenated alkanes) is 1. The van der Waals surface area contributed by atoms with E-state index in [0.717, 1.165) is 18.7 Å². The van der Waals surface area contributed by atoms with E-state index < -0.39 is 0 Å². The van der Waals surface area contributed by atoms with Gasteiger partial charge in [-0.1, -0.05) is 13.3 Å². The smallest absolute Gasteiger partial charge is 0.407 e. The molecule has 0 bridgehead atoms. The number of amides is 1. The Labute approximate surface area is 100 Å². The summed E-state index contributed by atoms with van der Waals surface area (Å²) in [5, 5.41) is 10.2. The Kier molecular flexibility index (Phi) is 3.85. The van der Waals surface area contributed by atoms with Crippen molar-refractivity contribution < 1.29 is 9.53 Å². The monoisotopic (exact) mass is 238 g/mol. The van der Waals surface area contributed by atoms with Crippen LogP contribution >= 0.6 is 0 Å². The van der Waals surface area contributed by atoms with Crippen LogP contribution in [0.5, 0.6) is 0 Å². The highest BCUT2D eigenvalue weighted by molar-refractivity contribution is 5.67. The molecule has 17 heavy (non-hydrogen) atoms. The normalized spacial score (nSPS) is 18.1. The highest BCUT2D eigenvalue weighted by atomic mass is 16.5. The van der Waals surface area contributed by atoms with Gasteiger partial charge in [-0.25, -0.2) is 9.48 Å². The van der Waals surface area contributed by atoms with Crippen LogP contribution in [-0.4, -0.2) is 35.1 Å². The molecule has 0 spiro atoms. The molecule has 0 saturated heterocycles. The summed E-state index contributed by atoms with van der Waals surface area (Å²) in [6.07, 6.45) is 3.32. The van der Waals surface area contributed by atoms with Crippen LogP contribution in [0.25, 0.3) is 0 Å². The zero-order valence-corrected chi connectivity index (χ0v) is 9.98. The molecule has 2 heterocycles. The summed E-state index contributed by atoms with van der Waals surface area (Å²) in [7, 11) is 0. The molecule has 0 saturated carbocycles. The van der Waals surface area contributed by atoms with Gasteiger partial charge >= 0.3 is 6.09 Å². The molecule has 0 aliphatic carbocycles. The van der Waals surface area contributed by atoms with Crippen LogP contribution < -0.4 is 10.6 Å². The molecule has 0 aromatic carbocycles. The average Bonchev–Trinajstić information content (AvgIpc) is 2.76. The minimum absolute atomic E-state index is 0.0246. The summed E-state index contributed by atoms with van der Waals surface area (Å²) >= 11 is 0. The molecule has 2 rings (SSSR count). The minimum Gasteiger partial charge on any atom is -0.450 e. The van der Waals surface area contributed by atoms with Gasteiger partial charge in [-0.15, -0.1) is 0 Å². The van der Waals surface area contributed by atoms with Crippen LogP contribution in [0.3, 0.4) is 0 Å². The summed E-state index contributed by atoms with van der Waals surface area (Å²) < 4.78 is 6.88. The first kappa shape index (κ1) is 11.8. The van der Waals surface area contributed by atoms with Crippen LogP contribution in [0.2, 0.25) is 0 Å². The topological polar surface area (TPSA) is 68.2 Å². The van der Waals surface area contributed by atoms with E-state index in [0.29, 0.717) is 19.7 Å². The maximum Gasteiger partial charge on any atom is 0.407 e. The summed E-state index contributed by atoms with van der Waals surface area (Å²) in [6.45, 7) is 3.92. The Morgan fingerprint density at radius 2 is 2.65 bits per heavy atom. The van der Waals surface area contributed by atoms with E-state index >= 15 is 0 Å². The molecule has 0 fully saturated rings. The fraction of sp³-hybridized carbons (Fsp3) is 0.636. The standard InChI is InChI=1S/C11H18N4O2/c1-2-3-6-17-11(16)14-9-7-12-10-4-5-13-15(10)8-9/h4-5,9,12H,2-3,6-8H2,1H3,(H,14,16). The first-order valence-corrected chi connectivity index (χ1v) is 5.98. The van der Waals surface area contributed by atoms with Crippen LogP contribution in [-0.2, 0) is 11.3 Å². The lowest BCUT2D eigenvalue weighted by atomic mass is 10.2. The Balaban J connectivity index is 1.76. The number of carbonyl (C=O) groups is 1. The fourth-order valence-electron chi connectivity index (χ4n) is 1.74. The molecule has 1 aromatic rings. The van der Waals surface area contributed by atoms with Gasteiger partial charge in [-0.05, 0) is 6.42 Å². The number of nitrogens with zero attached hydrogens (tertiary/aromatic N) is 2. The van der Waals surface area contributed by atoms with Crippen LogP contribution in [0.1, 0.15) is 19.8 Å². The van der Waals surface area contributed by atoms with Crippen molar-refractivity contribution in [3.8, 4) is 0 Å². The lowest BCUT2D eigenvalue weighted by Crippen LogP contribution is -2.45. The third-order valence-electron chi connectivity index (χ3n) is 2.69. The summed E-state index contributed by atoms with van der Waals surface area (Å²) in [5.74, 6) is 0.988. The number of anilines is 1. The maximum atomic E-state index is 11.4. The fourth-order valence-corrected chi connectivity index (χ4v) is 1.74. The molecule has 94 valence electrons. The number of rotatable bonds is 4. The second-order valence-corrected chi connectivity index (χ2v) is 4.11. The molecule has 0 radical (unpaired) electrons. The van der Waals surface area contributed by atoms with Crippen LogP contribution in [0.4, 0.5) is 10.6 Å². The maximum absolute atomic E-state index is 11.4. The summed E-state index contributed by atoms with van der Waals surface area (Å²) in [6, 6.07) is 1.94. The van der Waals surface area contributed by atoms with E-state index in [1.807, 2.05) is 10.7 Å². The number of nitrogens with one attached hydrogen (secondary N) is 2. The Morgan fingerprint density at radius 3 is 3.47 bits per heavy atom. The predicted octanol–water partition coefficient (Wildman–Crippen LogP) is 1.20. The lowest BCUT2D eigenvalue weighted by Gasteiger charge is -2.25. The van der Waals surface area contributed by atoms with Gasteiger partial charge < -0.3 is 15.4 Å². The number of hydrogen-bond acceptors (Lipinski definition) is 4. The van der Waals surface area contributed by atoms with Gasteiger partial charge in [0.2, 0.25) is 0 Å². The molecule has 1 atom stereocenters. The van der Waals surface area contributed by atoms with Crippen molar-refractivity contribution in [3.05, 3.63) is 12.3 Å². The molecule has 1 unspecified atom stereocenters. The van der Waals surface area contributed by atoms with Gasteiger partial charge in [-0.3, -0.25) is 0 Å². The molecule has 2 N–H and O–H groups in total. The van der Waals surface area contributed by atoms with E-state index in [4.69, 9.17) is 4.74 Å². The molecule has 1 aliphatic heterocycles. The SMILES string of the molecule is CCCCOC(=O)NC1CNc2ccnn2C1. The first-order chi connectivity index (χ1) is 8.29. The van der Waals surface area contributed by atoms with Crippen molar-refractivity contribution in [2.24, 2.45) is 0 Å². The second kappa shape index (κ2) is 5.56. The number of aromatic nitrogens is 2. The second-order valence-electron chi connectivity index (χ2n) is 4.11. The molecule has 6 nitrogen and oxygen atoms in total. The zero-order chi connectivity index (χ0) is 12.1. The van der Waals surface area contributed by atoms with Crippen molar-refractivity contribution in [1.29, 1.82) is 0 Å². The number of alkyl carbamates (subject to hydrolysis) is 1. The van der Waals surface area contributed by atoms with Gasteiger partial charge in [0.25, 0.3) is 0 Å². The van der Waals surface area contributed by atoms with Gasteiger partial charge in [0.1, 0.15) is 5.82 Å².